The van der Waals surface area contributed by atoms with Gasteiger partial charge in [-0.05, 0) is 38.3 Å². The number of halogens is 1. The third-order valence-corrected chi connectivity index (χ3v) is 8.84. The van der Waals surface area contributed by atoms with Gasteiger partial charge in [0.25, 0.3) is 0 Å². The number of fused-ring (bicyclic) bond motifs is 1. The monoisotopic (exact) mass is 557 g/mol. The number of aliphatic hydroxyl groups is 1. The number of aromatic nitrogens is 4. The smallest absolute Gasteiger partial charge is 0.227 e. The van der Waals surface area contributed by atoms with Crippen LogP contribution in [0.2, 0.25) is 0 Å². The van der Waals surface area contributed by atoms with Crippen LogP contribution in [-0.4, -0.2) is 82.9 Å². The number of nitrogens with one attached hydrogen (secondary N) is 1. The van der Waals surface area contributed by atoms with Crippen LogP contribution in [0.15, 0.2) is 30.7 Å². The van der Waals surface area contributed by atoms with Crippen molar-refractivity contribution in [3.8, 4) is 0 Å². The van der Waals surface area contributed by atoms with Gasteiger partial charge in [-0.25, -0.2) is 22.8 Å². The molecule has 2 N–H and O–H groups in total. The van der Waals surface area contributed by atoms with Gasteiger partial charge in [-0.15, -0.1) is 0 Å². The van der Waals surface area contributed by atoms with E-state index < -0.39 is 21.6 Å². The number of rotatable bonds is 7. The minimum Gasteiger partial charge on any atom is -0.390 e. The van der Waals surface area contributed by atoms with Gasteiger partial charge < -0.3 is 20.2 Å². The Bertz CT molecular complexity index is 1480. The Kier molecular flexibility index (Phi) is 7.13. The van der Waals surface area contributed by atoms with Crippen LogP contribution in [0.25, 0.3) is 10.8 Å². The first-order chi connectivity index (χ1) is 18.3. The number of pyridine rings is 2. The molecule has 2 aliphatic heterocycles. The highest BCUT2D eigenvalue weighted by Crippen LogP contribution is 2.38. The van der Waals surface area contributed by atoms with Crippen LogP contribution >= 0.6 is 0 Å². The second-order valence-electron chi connectivity index (χ2n) is 11.4. The highest BCUT2D eigenvalue weighted by Gasteiger charge is 2.40. The summed E-state index contributed by atoms with van der Waals surface area (Å²) >= 11 is 0. The molecule has 0 radical (unpaired) electrons. The molecule has 3 aromatic rings. The summed E-state index contributed by atoms with van der Waals surface area (Å²) in [4.78, 5) is 22.3. The molecule has 5 rings (SSSR count). The second kappa shape index (κ2) is 10.1. The maximum atomic E-state index is 14.7. The molecule has 0 aromatic carbocycles. The topological polar surface area (TPSA) is 124 Å². The van der Waals surface area contributed by atoms with E-state index in [1.165, 1.54) is 13.2 Å². The predicted molar refractivity (Wildman–Crippen MR) is 151 cm³/mol. The van der Waals surface area contributed by atoms with E-state index in [4.69, 9.17) is 4.98 Å². The molecule has 210 valence electrons. The lowest BCUT2D eigenvalue weighted by atomic mass is 9.90. The van der Waals surface area contributed by atoms with Gasteiger partial charge in [0.1, 0.15) is 21.5 Å². The van der Waals surface area contributed by atoms with E-state index in [-0.39, 0.29) is 30.2 Å². The van der Waals surface area contributed by atoms with Gasteiger partial charge in [-0.3, -0.25) is 4.98 Å². The molecule has 0 aliphatic carbocycles. The molecule has 0 unspecified atom stereocenters. The highest BCUT2D eigenvalue weighted by atomic mass is 32.2. The molecule has 0 saturated carbocycles. The van der Waals surface area contributed by atoms with E-state index in [1.807, 2.05) is 25.4 Å². The van der Waals surface area contributed by atoms with Crippen molar-refractivity contribution in [1.82, 2.24) is 19.9 Å². The Morgan fingerprint density at radius 2 is 1.97 bits per heavy atom. The van der Waals surface area contributed by atoms with Gasteiger partial charge in [0, 0.05) is 54.5 Å². The minimum absolute atomic E-state index is 0.0119. The lowest BCUT2D eigenvalue weighted by Gasteiger charge is -2.48. The van der Waals surface area contributed by atoms with Gasteiger partial charge in [-0.1, -0.05) is 13.8 Å². The molecule has 0 amide bonds. The van der Waals surface area contributed by atoms with Crippen LogP contribution in [0.3, 0.4) is 0 Å². The molecule has 12 heteroatoms. The normalized spacial score (nSPS) is 25.7. The van der Waals surface area contributed by atoms with Gasteiger partial charge in [0.15, 0.2) is 5.67 Å². The number of aliphatic hydroxyl groups excluding tert-OH is 1. The van der Waals surface area contributed by atoms with Crippen LogP contribution in [0, 0.1) is 5.92 Å². The Balaban J connectivity index is 1.41. The van der Waals surface area contributed by atoms with E-state index in [9.17, 15) is 17.9 Å². The van der Waals surface area contributed by atoms with Crippen molar-refractivity contribution < 1.29 is 17.9 Å². The molecular weight excluding hydrogens is 521 g/mol. The van der Waals surface area contributed by atoms with Crippen molar-refractivity contribution in [2.75, 3.05) is 46.8 Å². The fourth-order valence-electron chi connectivity index (χ4n) is 5.49. The number of alkyl halides is 1. The van der Waals surface area contributed by atoms with E-state index in [1.54, 1.807) is 17.2 Å². The number of piperidine rings is 1. The van der Waals surface area contributed by atoms with Crippen LogP contribution < -0.4 is 15.1 Å². The summed E-state index contributed by atoms with van der Waals surface area (Å²) < 4.78 is 38.3. The van der Waals surface area contributed by atoms with Crippen molar-refractivity contribution in [2.24, 2.45) is 5.92 Å². The molecule has 5 heterocycles. The van der Waals surface area contributed by atoms with Crippen LogP contribution in [-0.2, 0) is 9.84 Å². The lowest BCUT2D eigenvalue weighted by Crippen LogP contribution is -2.57. The summed E-state index contributed by atoms with van der Waals surface area (Å²) in [7, 11) is -3.04. The van der Waals surface area contributed by atoms with Crippen LogP contribution in [0.1, 0.15) is 45.7 Å². The number of hydrogen-bond acceptors (Lipinski definition) is 10. The predicted octanol–water partition coefficient (Wildman–Crippen LogP) is 3.46. The zero-order valence-corrected chi connectivity index (χ0v) is 23.8. The zero-order valence-electron chi connectivity index (χ0n) is 23.0. The van der Waals surface area contributed by atoms with Gasteiger partial charge in [0.05, 0.1) is 36.0 Å². The highest BCUT2D eigenvalue weighted by molar-refractivity contribution is 7.90. The SMILES string of the molecule is CC(C)c1ncc(N2C[C@H](CS(C)(=O)=O)[C@H]2C)c2cnc(Nc3ccnc(N4CC[C@@H](O)[C@@](C)(F)C4)n3)cc12. The lowest BCUT2D eigenvalue weighted by molar-refractivity contribution is -0.00860. The van der Waals surface area contributed by atoms with Crippen LogP contribution in [0.5, 0.6) is 0 Å². The maximum absolute atomic E-state index is 14.7. The molecule has 2 saturated heterocycles. The molecule has 2 aliphatic rings. The standard InChI is InChI=1S/C27H36FN7O3S/c1-16(2)25-19-10-24(32-23-6-8-29-26(33-23)34-9-7-22(36)27(4,28)15-34)30-11-20(19)21(12-31-25)35-13-18(17(35)3)14-39(5,37)38/h6,8,10-12,16-18,22,36H,7,9,13-15H2,1-5H3,(H,29,30,32,33)/t17-,18-,22-,27+/m1/s1. The first-order valence-corrected chi connectivity index (χ1v) is 15.3. The fraction of sp³-hybridized carbons (Fsp3) is 0.556. The van der Waals surface area contributed by atoms with Crippen molar-refractivity contribution in [2.45, 2.75) is 57.8 Å². The first-order valence-electron chi connectivity index (χ1n) is 13.3. The zero-order chi connectivity index (χ0) is 28.1. The molecule has 0 spiro atoms. The maximum Gasteiger partial charge on any atom is 0.227 e. The Labute approximate surface area is 228 Å². The van der Waals surface area contributed by atoms with Crippen LogP contribution in [0.4, 0.5) is 27.7 Å². The fourth-order valence-corrected chi connectivity index (χ4v) is 6.66. The summed E-state index contributed by atoms with van der Waals surface area (Å²) in [6.45, 7) is 8.75. The molecule has 10 nitrogen and oxygen atoms in total. The van der Waals surface area contributed by atoms with E-state index in [0.29, 0.717) is 37.1 Å². The number of anilines is 4. The van der Waals surface area contributed by atoms with Gasteiger partial charge in [0.2, 0.25) is 5.95 Å². The van der Waals surface area contributed by atoms with E-state index >= 15 is 0 Å². The first kappa shape index (κ1) is 27.4. The quantitative estimate of drug-likeness (QED) is 0.446. The Morgan fingerprint density at radius 3 is 2.64 bits per heavy atom. The molecule has 4 atom stereocenters. The summed E-state index contributed by atoms with van der Waals surface area (Å²) in [6.07, 6.45) is 5.88. The van der Waals surface area contributed by atoms with E-state index in [2.05, 4.69) is 39.0 Å². The van der Waals surface area contributed by atoms with Crippen molar-refractivity contribution in [1.29, 1.82) is 0 Å². The number of nitrogens with zero attached hydrogens (tertiary/aromatic N) is 6. The van der Waals surface area contributed by atoms with Crippen molar-refractivity contribution in [3.63, 3.8) is 0 Å². The number of sulfone groups is 1. The third kappa shape index (κ3) is 5.62. The summed E-state index contributed by atoms with van der Waals surface area (Å²) in [5.41, 5.74) is 0.149. The molecular formula is C27H36FN7O3S. The summed E-state index contributed by atoms with van der Waals surface area (Å²) in [5, 5.41) is 15.1. The Morgan fingerprint density at radius 1 is 1.21 bits per heavy atom. The number of hydrogen-bond donors (Lipinski definition) is 2. The summed E-state index contributed by atoms with van der Waals surface area (Å²) in [6, 6.07) is 3.76. The second-order valence-corrected chi connectivity index (χ2v) is 13.6. The largest absolute Gasteiger partial charge is 0.390 e. The molecule has 39 heavy (non-hydrogen) atoms. The summed E-state index contributed by atoms with van der Waals surface area (Å²) in [5.74, 6) is 1.94. The minimum atomic E-state index is -3.04. The van der Waals surface area contributed by atoms with Crippen molar-refractivity contribution >= 4 is 43.9 Å². The molecule has 2 fully saturated rings. The Hall–Kier alpha value is -3.12. The molecule has 0 bridgehead atoms. The molecule has 3 aromatic heterocycles. The average molecular weight is 558 g/mol. The van der Waals surface area contributed by atoms with E-state index in [0.717, 1.165) is 22.2 Å². The van der Waals surface area contributed by atoms with Gasteiger partial charge >= 0.3 is 0 Å². The third-order valence-electron chi connectivity index (χ3n) is 7.81. The van der Waals surface area contributed by atoms with Crippen molar-refractivity contribution in [3.05, 3.63) is 36.4 Å². The average Bonchev–Trinajstić information content (AvgIpc) is 2.86. The van der Waals surface area contributed by atoms with Gasteiger partial charge in [-0.2, -0.15) is 4.98 Å².